The molecule has 2 aromatic heterocycles. The minimum Gasteiger partial charge on any atom is -0.454 e. The molecule has 4 aromatic rings. The zero-order valence-electron chi connectivity index (χ0n) is 17.6. The molecule has 0 radical (unpaired) electrons. The first-order chi connectivity index (χ1) is 15.5. The number of anilines is 1. The Kier molecular flexibility index (Phi) is 5.22. The highest BCUT2D eigenvalue weighted by molar-refractivity contribution is 8.00. The number of aromatic nitrogens is 3. The van der Waals surface area contributed by atoms with Crippen LogP contribution in [0.4, 0.5) is 5.69 Å². The van der Waals surface area contributed by atoms with Crippen LogP contribution in [0.3, 0.4) is 0 Å². The minimum absolute atomic E-state index is 0.0909. The number of hydrogen-bond donors (Lipinski definition) is 0. The Labute approximate surface area is 188 Å². The maximum atomic E-state index is 13.0. The number of para-hydroxylation sites is 1. The molecule has 5 rings (SSSR count). The number of fused-ring (bicyclic) bond motifs is 1. The van der Waals surface area contributed by atoms with Gasteiger partial charge in [-0.2, -0.15) is 5.10 Å². The first-order valence-corrected chi connectivity index (χ1v) is 11.2. The number of nitrogens with zero attached hydrogens (tertiary/aromatic N) is 4. The molecule has 1 unspecified atom stereocenters. The van der Waals surface area contributed by atoms with Gasteiger partial charge in [0.1, 0.15) is 16.5 Å². The number of rotatable bonds is 5. The fraction of sp³-hybridized carbons (Fsp3) is 0.208. The average Bonchev–Trinajstić information content (AvgIpc) is 3.35. The molecule has 160 valence electrons. The van der Waals surface area contributed by atoms with Crippen LogP contribution < -0.4 is 4.90 Å². The first kappa shape index (κ1) is 20.4. The zero-order valence-corrected chi connectivity index (χ0v) is 18.4. The van der Waals surface area contributed by atoms with Crippen molar-refractivity contribution < 1.29 is 14.0 Å². The molecule has 3 heterocycles. The normalized spacial score (nSPS) is 16.5. The summed E-state index contributed by atoms with van der Waals surface area (Å²) >= 11 is 1.15. The van der Waals surface area contributed by atoms with E-state index in [-0.39, 0.29) is 18.2 Å². The number of furan rings is 1. The van der Waals surface area contributed by atoms with Gasteiger partial charge in [0.2, 0.25) is 17.0 Å². The molecule has 2 aromatic carbocycles. The van der Waals surface area contributed by atoms with Crippen LogP contribution in [-0.4, -0.2) is 32.2 Å². The third-order valence-electron chi connectivity index (χ3n) is 5.39. The summed E-state index contributed by atoms with van der Waals surface area (Å²) in [6, 6.07) is 17.1. The highest BCUT2D eigenvalue weighted by Crippen LogP contribution is 2.34. The van der Waals surface area contributed by atoms with Crippen LogP contribution in [0, 0.1) is 0 Å². The lowest BCUT2D eigenvalue weighted by molar-refractivity contribution is -0.121. The number of amides is 2. The van der Waals surface area contributed by atoms with E-state index in [0.29, 0.717) is 28.2 Å². The van der Waals surface area contributed by atoms with Crippen molar-refractivity contribution in [3.8, 4) is 11.5 Å². The number of carbonyl (C=O) groups excluding carboxylic acids is 2. The van der Waals surface area contributed by atoms with Crippen LogP contribution in [0.5, 0.6) is 0 Å². The molecule has 0 aliphatic carbocycles. The number of benzene rings is 2. The van der Waals surface area contributed by atoms with Crippen molar-refractivity contribution in [1.82, 2.24) is 15.2 Å². The van der Waals surface area contributed by atoms with Crippen molar-refractivity contribution in [3.63, 3.8) is 0 Å². The molecule has 1 atom stereocenters. The summed E-state index contributed by atoms with van der Waals surface area (Å²) in [5, 5.41) is 8.76. The smallest absolute Gasteiger partial charge is 0.247 e. The summed E-state index contributed by atoms with van der Waals surface area (Å²) in [5.41, 5.74) is 3.02. The fourth-order valence-electron chi connectivity index (χ4n) is 3.67. The molecular formula is C24H20N4O3S. The van der Waals surface area contributed by atoms with E-state index < -0.39 is 5.25 Å². The van der Waals surface area contributed by atoms with E-state index in [4.69, 9.17) is 4.42 Å². The molecule has 1 aliphatic heterocycles. The Bertz CT molecular complexity index is 1280. The van der Waals surface area contributed by atoms with Gasteiger partial charge in [-0.05, 0) is 35.7 Å². The van der Waals surface area contributed by atoms with E-state index in [9.17, 15) is 9.59 Å². The first-order valence-electron chi connectivity index (χ1n) is 10.3. The predicted octanol–water partition coefficient (Wildman–Crippen LogP) is 4.83. The van der Waals surface area contributed by atoms with E-state index in [1.807, 2.05) is 54.6 Å². The van der Waals surface area contributed by atoms with Crippen molar-refractivity contribution in [3.05, 3.63) is 66.4 Å². The second kappa shape index (κ2) is 8.20. The van der Waals surface area contributed by atoms with Gasteiger partial charge in [-0.1, -0.05) is 55.9 Å². The molecule has 2 amide bonds. The van der Waals surface area contributed by atoms with Crippen molar-refractivity contribution in [1.29, 1.82) is 0 Å². The van der Waals surface area contributed by atoms with Crippen LogP contribution in [0.25, 0.3) is 22.4 Å². The SMILES string of the molecule is CC(C)c1ccc(N2C(=O)CC(Sc3nncc(-c4cc5ccccc5o4)n3)C2=O)cc1. The Balaban J connectivity index is 1.36. The highest BCUT2D eigenvalue weighted by atomic mass is 32.2. The van der Waals surface area contributed by atoms with Crippen LogP contribution in [0.15, 0.2) is 70.4 Å². The lowest BCUT2D eigenvalue weighted by Gasteiger charge is -2.16. The Morgan fingerprint density at radius 2 is 1.88 bits per heavy atom. The molecule has 1 fully saturated rings. The molecule has 0 spiro atoms. The van der Waals surface area contributed by atoms with E-state index in [1.165, 1.54) is 11.1 Å². The summed E-state index contributed by atoms with van der Waals surface area (Å²) in [6.45, 7) is 4.20. The van der Waals surface area contributed by atoms with E-state index in [1.54, 1.807) is 0 Å². The van der Waals surface area contributed by atoms with Crippen LogP contribution >= 0.6 is 11.8 Å². The summed E-state index contributed by atoms with van der Waals surface area (Å²) < 4.78 is 5.85. The molecular weight excluding hydrogens is 424 g/mol. The van der Waals surface area contributed by atoms with Crippen LogP contribution in [-0.2, 0) is 9.59 Å². The molecule has 0 bridgehead atoms. The van der Waals surface area contributed by atoms with E-state index in [0.717, 1.165) is 28.3 Å². The largest absolute Gasteiger partial charge is 0.454 e. The van der Waals surface area contributed by atoms with Crippen molar-refractivity contribution in [2.45, 2.75) is 36.6 Å². The third-order valence-corrected chi connectivity index (χ3v) is 6.42. The lowest BCUT2D eigenvalue weighted by Crippen LogP contribution is -2.31. The quantitative estimate of drug-likeness (QED) is 0.407. The minimum atomic E-state index is -0.597. The molecule has 1 aliphatic rings. The molecule has 0 N–H and O–H groups in total. The number of hydrogen-bond acceptors (Lipinski definition) is 7. The van der Waals surface area contributed by atoms with Gasteiger partial charge in [-0.3, -0.25) is 9.59 Å². The second-order valence-corrected chi connectivity index (χ2v) is 9.07. The van der Waals surface area contributed by atoms with Crippen molar-refractivity contribution in [2.75, 3.05) is 4.90 Å². The van der Waals surface area contributed by atoms with Gasteiger partial charge in [-0.25, -0.2) is 9.88 Å². The fourth-order valence-corrected chi connectivity index (χ4v) is 4.60. The molecule has 7 nitrogen and oxygen atoms in total. The standard InChI is InChI=1S/C24H20N4O3S/c1-14(2)15-7-9-17(10-8-15)28-22(29)12-21(23(28)30)32-24-26-18(13-25-27-24)20-11-16-5-3-4-6-19(16)31-20/h3-11,13-14,21H,12H2,1-2H3. The lowest BCUT2D eigenvalue weighted by atomic mass is 10.0. The van der Waals surface area contributed by atoms with E-state index in [2.05, 4.69) is 29.0 Å². The van der Waals surface area contributed by atoms with Crippen molar-refractivity contribution >= 4 is 40.2 Å². The molecule has 8 heteroatoms. The van der Waals surface area contributed by atoms with Crippen LogP contribution in [0.2, 0.25) is 0 Å². The second-order valence-electron chi connectivity index (χ2n) is 7.90. The molecule has 1 saturated heterocycles. The molecule has 32 heavy (non-hydrogen) atoms. The molecule has 0 saturated carbocycles. The van der Waals surface area contributed by atoms with Gasteiger partial charge in [-0.15, -0.1) is 5.10 Å². The monoisotopic (exact) mass is 444 g/mol. The Morgan fingerprint density at radius 1 is 1.09 bits per heavy atom. The van der Waals surface area contributed by atoms with Gasteiger partial charge in [0, 0.05) is 11.8 Å². The van der Waals surface area contributed by atoms with Crippen molar-refractivity contribution in [2.24, 2.45) is 0 Å². The zero-order chi connectivity index (χ0) is 22.2. The topological polar surface area (TPSA) is 89.2 Å². The van der Waals surface area contributed by atoms with Crippen LogP contribution in [0.1, 0.15) is 31.7 Å². The number of thioether (sulfide) groups is 1. The highest BCUT2D eigenvalue weighted by Gasteiger charge is 2.40. The summed E-state index contributed by atoms with van der Waals surface area (Å²) in [6.07, 6.45) is 1.61. The third kappa shape index (κ3) is 3.78. The summed E-state index contributed by atoms with van der Waals surface area (Å²) in [5.74, 6) is 0.450. The van der Waals surface area contributed by atoms with Gasteiger partial charge in [0.15, 0.2) is 5.76 Å². The number of carbonyl (C=O) groups is 2. The van der Waals surface area contributed by atoms with E-state index >= 15 is 0 Å². The Morgan fingerprint density at radius 3 is 2.62 bits per heavy atom. The maximum absolute atomic E-state index is 13.0. The van der Waals surface area contributed by atoms with Gasteiger partial charge in [0.25, 0.3) is 0 Å². The average molecular weight is 445 g/mol. The maximum Gasteiger partial charge on any atom is 0.247 e. The van der Waals surface area contributed by atoms with Gasteiger partial charge < -0.3 is 4.42 Å². The summed E-state index contributed by atoms with van der Waals surface area (Å²) in [4.78, 5) is 31.4. The van der Waals surface area contributed by atoms with Gasteiger partial charge >= 0.3 is 0 Å². The number of imide groups is 1. The predicted molar refractivity (Wildman–Crippen MR) is 122 cm³/mol. The van der Waals surface area contributed by atoms with Gasteiger partial charge in [0.05, 0.1) is 11.9 Å². The Hall–Kier alpha value is -3.52. The summed E-state index contributed by atoms with van der Waals surface area (Å²) in [7, 11) is 0.